The van der Waals surface area contributed by atoms with E-state index in [9.17, 15) is 22.8 Å². The molecule has 1 N–H and O–H groups in total. The highest BCUT2D eigenvalue weighted by molar-refractivity contribution is 5.94. The third-order valence-electron chi connectivity index (χ3n) is 3.74. The first kappa shape index (κ1) is 17.1. The molecule has 0 aliphatic carbocycles. The molecule has 1 aliphatic rings. The van der Waals surface area contributed by atoms with Gasteiger partial charge in [-0.15, -0.1) is 0 Å². The highest BCUT2D eigenvalue weighted by Crippen LogP contribution is 2.29. The van der Waals surface area contributed by atoms with Gasteiger partial charge in [-0.05, 0) is 37.1 Å². The van der Waals surface area contributed by atoms with E-state index in [1.54, 1.807) is 4.90 Å². The summed E-state index contributed by atoms with van der Waals surface area (Å²) >= 11 is 0. The lowest BCUT2D eigenvalue weighted by molar-refractivity contribution is -0.137. The molecular formula is C15H17F3N2O3. The van der Waals surface area contributed by atoms with Crippen molar-refractivity contribution in [1.29, 1.82) is 0 Å². The van der Waals surface area contributed by atoms with E-state index < -0.39 is 23.7 Å². The summed E-state index contributed by atoms with van der Waals surface area (Å²) in [5, 5.41) is 2.77. The van der Waals surface area contributed by atoms with Crippen LogP contribution in [0.1, 0.15) is 28.8 Å². The van der Waals surface area contributed by atoms with E-state index in [1.807, 2.05) is 0 Å². The number of nitrogens with zero attached hydrogens (tertiary/aromatic N) is 1. The molecule has 2 rings (SSSR count). The molecular weight excluding hydrogens is 313 g/mol. The van der Waals surface area contributed by atoms with Crippen molar-refractivity contribution in [1.82, 2.24) is 10.2 Å². The number of ether oxygens (including phenoxy) is 1. The standard InChI is InChI=1S/C15H17F3N2O3/c1-23-14(22)20-8-6-12(7-9-20)19-13(21)10-2-4-11(5-3-10)15(16,17)18/h2-5,12H,6-9H2,1H3,(H,19,21). The number of hydrogen-bond donors (Lipinski definition) is 1. The minimum absolute atomic E-state index is 0.120. The molecule has 1 aliphatic heterocycles. The predicted molar refractivity (Wildman–Crippen MR) is 75.9 cm³/mol. The van der Waals surface area contributed by atoms with Crippen LogP contribution in [0.3, 0.4) is 0 Å². The second kappa shape index (κ2) is 6.89. The van der Waals surface area contributed by atoms with Crippen LogP contribution in [0.15, 0.2) is 24.3 Å². The van der Waals surface area contributed by atoms with Crippen LogP contribution in [0.25, 0.3) is 0 Å². The normalized spacial score (nSPS) is 16.1. The second-order valence-corrected chi connectivity index (χ2v) is 5.28. The van der Waals surface area contributed by atoms with Gasteiger partial charge in [-0.25, -0.2) is 4.79 Å². The Labute approximate surface area is 131 Å². The topological polar surface area (TPSA) is 58.6 Å². The first-order valence-corrected chi connectivity index (χ1v) is 7.12. The molecule has 0 saturated carbocycles. The first-order valence-electron chi connectivity index (χ1n) is 7.12. The molecule has 1 aromatic rings. The van der Waals surface area contributed by atoms with Crippen LogP contribution < -0.4 is 5.32 Å². The van der Waals surface area contributed by atoms with Gasteiger partial charge in [0.15, 0.2) is 0 Å². The number of carbonyl (C=O) groups excluding carboxylic acids is 2. The number of nitrogens with one attached hydrogen (secondary N) is 1. The summed E-state index contributed by atoms with van der Waals surface area (Å²) < 4.78 is 42.1. The van der Waals surface area contributed by atoms with E-state index in [-0.39, 0.29) is 11.6 Å². The maximum atomic E-state index is 12.5. The summed E-state index contributed by atoms with van der Waals surface area (Å²) in [7, 11) is 1.31. The van der Waals surface area contributed by atoms with Crippen LogP contribution in [-0.2, 0) is 10.9 Å². The van der Waals surface area contributed by atoms with Crippen LogP contribution in [-0.4, -0.2) is 43.1 Å². The van der Waals surface area contributed by atoms with Gasteiger partial charge in [0.25, 0.3) is 5.91 Å². The van der Waals surface area contributed by atoms with E-state index in [0.29, 0.717) is 25.9 Å². The van der Waals surface area contributed by atoms with Gasteiger partial charge in [0.05, 0.1) is 12.7 Å². The first-order chi connectivity index (χ1) is 10.8. The van der Waals surface area contributed by atoms with Gasteiger partial charge < -0.3 is 15.0 Å². The number of benzene rings is 1. The van der Waals surface area contributed by atoms with Gasteiger partial charge >= 0.3 is 12.3 Å². The number of methoxy groups -OCH3 is 1. The number of halogens is 3. The van der Waals surface area contributed by atoms with Crippen molar-refractivity contribution >= 4 is 12.0 Å². The fraction of sp³-hybridized carbons (Fsp3) is 0.467. The smallest absolute Gasteiger partial charge is 0.416 e. The molecule has 0 radical (unpaired) electrons. The van der Waals surface area contributed by atoms with E-state index in [0.717, 1.165) is 24.3 Å². The molecule has 2 amide bonds. The molecule has 5 nitrogen and oxygen atoms in total. The van der Waals surface area contributed by atoms with Crippen molar-refractivity contribution in [3.05, 3.63) is 35.4 Å². The summed E-state index contributed by atoms with van der Waals surface area (Å²) in [6.07, 6.45) is -3.68. The zero-order chi connectivity index (χ0) is 17.0. The third-order valence-corrected chi connectivity index (χ3v) is 3.74. The molecule has 0 atom stereocenters. The average molecular weight is 330 g/mol. The van der Waals surface area contributed by atoms with Gasteiger partial charge in [0.1, 0.15) is 0 Å². The summed E-state index contributed by atoms with van der Waals surface area (Å²) in [4.78, 5) is 24.9. The lowest BCUT2D eigenvalue weighted by Crippen LogP contribution is -2.46. The summed E-state index contributed by atoms with van der Waals surface area (Å²) in [6.45, 7) is 0.926. The third kappa shape index (κ3) is 4.37. The zero-order valence-corrected chi connectivity index (χ0v) is 12.5. The molecule has 0 unspecified atom stereocenters. The molecule has 0 spiro atoms. The Bertz CT molecular complexity index is 564. The SMILES string of the molecule is COC(=O)N1CCC(NC(=O)c2ccc(C(F)(F)F)cc2)CC1. The number of alkyl halides is 3. The monoisotopic (exact) mass is 330 g/mol. The van der Waals surface area contributed by atoms with Crippen LogP contribution in [0, 0.1) is 0 Å². The van der Waals surface area contributed by atoms with Gasteiger partial charge in [0, 0.05) is 24.7 Å². The van der Waals surface area contributed by atoms with Crippen molar-refractivity contribution in [3.63, 3.8) is 0 Å². The van der Waals surface area contributed by atoms with Gasteiger partial charge in [-0.1, -0.05) is 0 Å². The summed E-state index contributed by atoms with van der Waals surface area (Å²) in [5.74, 6) is -0.421. The molecule has 1 fully saturated rings. The largest absolute Gasteiger partial charge is 0.453 e. The van der Waals surface area contributed by atoms with Gasteiger partial charge in [-0.3, -0.25) is 4.79 Å². The number of carbonyl (C=O) groups is 2. The number of amides is 2. The molecule has 1 heterocycles. The number of rotatable bonds is 2. The van der Waals surface area contributed by atoms with Gasteiger partial charge in [0.2, 0.25) is 0 Å². The van der Waals surface area contributed by atoms with Crippen molar-refractivity contribution in [3.8, 4) is 0 Å². The Morgan fingerprint density at radius 2 is 1.74 bits per heavy atom. The molecule has 1 saturated heterocycles. The van der Waals surface area contributed by atoms with Crippen LogP contribution in [0.2, 0.25) is 0 Å². The van der Waals surface area contributed by atoms with E-state index >= 15 is 0 Å². The summed E-state index contributed by atoms with van der Waals surface area (Å²) in [6, 6.07) is 3.96. The van der Waals surface area contributed by atoms with Crippen molar-refractivity contribution in [2.45, 2.75) is 25.1 Å². The molecule has 0 aromatic heterocycles. The Hall–Kier alpha value is -2.25. The van der Waals surface area contributed by atoms with Crippen molar-refractivity contribution in [2.24, 2.45) is 0 Å². The fourth-order valence-electron chi connectivity index (χ4n) is 2.41. The Balaban J connectivity index is 1.89. The molecule has 126 valence electrons. The van der Waals surface area contributed by atoms with Crippen LogP contribution >= 0.6 is 0 Å². The Morgan fingerprint density at radius 1 is 1.17 bits per heavy atom. The number of hydrogen-bond acceptors (Lipinski definition) is 3. The molecule has 0 bridgehead atoms. The van der Waals surface area contributed by atoms with E-state index in [1.165, 1.54) is 7.11 Å². The van der Waals surface area contributed by atoms with Crippen molar-refractivity contribution < 1.29 is 27.5 Å². The van der Waals surface area contributed by atoms with E-state index in [4.69, 9.17) is 0 Å². The maximum Gasteiger partial charge on any atom is 0.416 e. The highest BCUT2D eigenvalue weighted by Gasteiger charge is 2.30. The summed E-state index contributed by atoms with van der Waals surface area (Å²) in [5.41, 5.74) is -0.617. The quantitative estimate of drug-likeness (QED) is 0.907. The molecule has 8 heteroatoms. The van der Waals surface area contributed by atoms with Crippen LogP contribution in [0.4, 0.5) is 18.0 Å². The lowest BCUT2D eigenvalue weighted by Gasteiger charge is -2.31. The minimum atomic E-state index is -4.42. The minimum Gasteiger partial charge on any atom is -0.453 e. The Kier molecular flexibility index (Phi) is 5.12. The highest BCUT2D eigenvalue weighted by atomic mass is 19.4. The molecule has 23 heavy (non-hydrogen) atoms. The number of piperidine rings is 1. The van der Waals surface area contributed by atoms with Crippen molar-refractivity contribution in [2.75, 3.05) is 20.2 Å². The Morgan fingerprint density at radius 3 is 2.22 bits per heavy atom. The number of likely N-dealkylation sites (tertiary alicyclic amines) is 1. The van der Waals surface area contributed by atoms with E-state index in [2.05, 4.69) is 10.1 Å². The maximum absolute atomic E-state index is 12.5. The predicted octanol–water partition coefficient (Wildman–Crippen LogP) is 2.67. The lowest BCUT2D eigenvalue weighted by atomic mass is 10.0. The average Bonchev–Trinajstić information content (AvgIpc) is 2.54. The van der Waals surface area contributed by atoms with Gasteiger partial charge in [-0.2, -0.15) is 13.2 Å². The second-order valence-electron chi connectivity index (χ2n) is 5.28. The fourth-order valence-corrected chi connectivity index (χ4v) is 2.41. The van der Waals surface area contributed by atoms with Crippen LogP contribution in [0.5, 0.6) is 0 Å². The molecule has 1 aromatic carbocycles. The zero-order valence-electron chi connectivity index (χ0n) is 12.5.